The molecule has 3 aromatic heterocycles. The van der Waals surface area contributed by atoms with E-state index in [4.69, 9.17) is 4.98 Å². The predicted molar refractivity (Wildman–Crippen MR) is 98.8 cm³/mol. The van der Waals surface area contributed by atoms with Gasteiger partial charge in [-0.15, -0.1) is 11.3 Å². The molecule has 0 spiro atoms. The third-order valence-electron chi connectivity index (χ3n) is 3.88. The quantitative estimate of drug-likeness (QED) is 0.519. The largest absolute Gasteiger partial charge is 0.612 e. The van der Waals surface area contributed by atoms with E-state index in [2.05, 4.69) is 22.4 Å². The molecule has 120 valence electrons. The summed E-state index contributed by atoms with van der Waals surface area (Å²) in [6, 6.07) is 11.8. The maximum Gasteiger partial charge on any atom is 0.194 e. The van der Waals surface area contributed by atoms with Crippen LogP contribution in [-0.2, 0) is 11.2 Å². The molecule has 4 nitrogen and oxygen atoms in total. The first-order chi connectivity index (χ1) is 11.6. The number of hydrogen-bond donors (Lipinski definition) is 0. The molecule has 1 atom stereocenters. The van der Waals surface area contributed by atoms with E-state index in [0.717, 1.165) is 38.1 Å². The van der Waals surface area contributed by atoms with Crippen LogP contribution in [0, 0.1) is 6.92 Å². The van der Waals surface area contributed by atoms with E-state index in [9.17, 15) is 4.55 Å². The van der Waals surface area contributed by atoms with E-state index in [1.165, 1.54) is 0 Å². The molecular formula is C18H15N3OS2. The van der Waals surface area contributed by atoms with Crippen molar-refractivity contribution in [2.24, 2.45) is 0 Å². The Morgan fingerprint density at radius 1 is 1.17 bits per heavy atom. The number of pyridine rings is 1. The van der Waals surface area contributed by atoms with Crippen molar-refractivity contribution in [1.82, 2.24) is 14.4 Å². The summed E-state index contributed by atoms with van der Waals surface area (Å²) in [5, 5.41) is 2.02. The molecule has 3 heterocycles. The monoisotopic (exact) mass is 353 g/mol. The van der Waals surface area contributed by atoms with Crippen molar-refractivity contribution < 1.29 is 4.55 Å². The van der Waals surface area contributed by atoms with Crippen molar-refractivity contribution >= 4 is 27.5 Å². The fourth-order valence-electron chi connectivity index (χ4n) is 2.70. The lowest BCUT2D eigenvalue weighted by Gasteiger charge is -2.07. The summed E-state index contributed by atoms with van der Waals surface area (Å²) in [4.78, 5) is 11.1. The molecule has 0 saturated carbocycles. The molecule has 0 bridgehead atoms. The molecule has 0 saturated heterocycles. The smallest absolute Gasteiger partial charge is 0.194 e. The fraction of sp³-hybridized carbons (Fsp3) is 0.111. The number of imidazole rings is 1. The molecule has 4 rings (SSSR count). The van der Waals surface area contributed by atoms with Crippen molar-refractivity contribution in [3.05, 3.63) is 59.7 Å². The lowest BCUT2D eigenvalue weighted by atomic mass is 10.1. The standard InChI is InChI=1S/C18H15N3OS2/c1-12-7-8-19-15(11-12)17-16(20-18-21(17)9-10-23-18)13-3-5-14(6-4-13)24(2)22/h3-11H,1-2H3. The van der Waals surface area contributed by atoms with E-state index >= 15 is 0 Å². The second kappa shape index (κ2) is 6.05. The van der Waals surface area contributed by atoms with Gasteiger partial charge in [0.25, 0.3) is 0 Å². The first kappa shape index (κ1) is 15.4. The molecule has 0 aliphatic heterocycles. The van der Waals surface area contributed by atoms with Crippen molar-refractivity contribution in [3.8, 4) is 22.6 Å². The van der Waals surface area contributed by atoms with E-state index in [1.807, 2.05) is 48.1 Å². The molecule has 4 aromatic rings. The summed E-state index contributed by atoms with van der Waals surface area (Å²) in [6.07, 6.45) is 5.53. The maximum atomic E-state index is 11.6. The van der Waals surface area contributed by atoms with Gasteiger partial charge in [-0.2, -0.15) is 0 Å². The molecule has 0 amide bonds. The second-order valence-electron chi connectivity index (χ2n) is 5.56. The van der Waals surface area contributed by atoms with Crippen LogP contribution in [0.4, 0.5) is 0 Å². The first-order valence-corrected chi connectivity index (χ1v) is 9.90. The van der Waals surface area contributed by atoms with Crippen LogP contribution >= 0.6 is 11.3 Å². The van der Waals surface area contributed by atoms with Crippen molar-refractivity contribution in [2.75, 3.05) is 6.26 Å². The number of thiazole rings is 1. The van der Waals surface area contributed by atoms with Gasteiger partial charge in [-0.05, 0) is 60.1 Å². The number of aryl methyl sites for hydroxylation is 1. The van der Waals surface area contributed by atoms with Gasteiger partial charge in [-0.3, -0.25) is 9.38 Å². The molecule has 1 unspecified atom stereocenters. The third-order valence-corrected chi connectivity index (χ3v) is 5.57. The van der Waals surface area contributed by atoms with Crippen molar-refractivity contribution in [3.63, 3.8) is 0 Å². The number of nitrogens with zero attached hydrogens (tertiary/aromatic N) is 3. The Morgan fingerprint density at radius 3 is 2.67 bits per heavy atom. The summed E-state index contributed by atoms with van der Waals surface area (Å²) in [5.41, 5.74) is 4.94. The Bertz CT molecular complexity index is 1000. The summed E-state index contributed by atoms with van der Waals surface area (Å²) in [7, 11) is 0. The van der Waals surface area contributed by atoms with Gasteiger partial charge in [-0.25, -0.2) is 4.98 Å². The van der Waals surface area contributed by atoms with Crippen molar-refractivity contribution in [1.29, 1.82) is 0 Å². The number of aromatic nitrogens is 3. The molecule has 24 heavy (non-hydrogen) atoms. The van der Waals surface area contributed by atoms with Crippen LogP contribution in [0.1, 0.15) is 5.56 Å². The molecule has 0 aliphatic carbocycles. The van der Waals surface area contributed by atoms with Crippen LogP contribution in [0.3, 0.4) is 0 Å². The molecule has 0 radical (unpaired) electrons. The molecule has 6 heteroatoms. The normalized spacial score (nSPS) is 12.6. The minimum atomic E-state index is -0.981. The zero-order valence-corrected chi connectivity index (χ0v) is 14.9. The van der Waals surface area contributed by atoms with Gasteiger partial charge in [0, 0.05) is 23.3 Å². The predicted octanol–water partition coefficient (Wildman–Crippen LogP) is 4.17. The van der Waals surface area contributed by atoms with Crippen LogP contribution in [0.25, 0.3) is 27.6 Å². The fourth-order valence-corrected chi connectivity index (χ4v) is 3.94. The number of rotatable bonds is 3. The number of hydrogen-bond acceptors (Lipinski definition) is 4. The number of fused-ring (bicyclic) bond motifs is 1. The van der Waals surface area contributed by atoms with E-state index in [0.29, 0.717) is 0 Å². The first-order valence-electron chi connectivity index (χ1n) is 7.46. The van der Waals surface area contributed by atoms with Crippen LogP contribution < -0.4 is 0 Å². The zero-order valence-electron chi connectivity index (χ0n) is 13.3. The average Bonchev–Trinajstić information content (AvgIpc) is 3.15. The molecule has 0 aliphatic rings. The highest BCUT2D eigenvalue weighted by Crippen LogP contribution is 2.33. The van der Waals surface area contributed by atoms with E-state index < -0.39 is 11.2 Å². The van der Waals surface area contributed by atoms with Gasteiger partial charge in [0.15, 0.2) is 9.86 Å². The summed E-state index contributed by atoms with van der Waals surface area (Å²) < 4.78 is 13.7. The van der Waals surface area contributed by atoms with E-state index in [1.54, 1.807) is 17.6 Å². The van der Waals surface area contributed by atoms with Gasteiger partial charge in [0.1, 0.15) is 6.26 Å². The topological polar surface area (TPSA) is 53.2 Å². The summed E-state index contributed by atoms with van der Waals surface area (Å²) >= 11 is 0.618. The van der Waals surface area contributed by atoms with Crippen LogP contribution in [0.2, 0.25) is 0 Å². The highest BCUT2D eigenvalue weighted by atomic mass is 32.2. The highest BCUT2D eigenvalue weighted by molar-refractivity contribution is 7.90. The Morgan fingerprint density at radius 2 is 1.96 bits per heavy atom. The minimum Gasteiger partial charge on any atom is -0.612 e. The third kappa shape index (κ3) is 2.62. The van der Waals surface area contributed by atoms with Crippen molar-refractivity contribution in [2.45, 2.75) is 11.8 Å². The lowest BCUT2D eigenvalue weighted by molar-refractivity contribution is 0.601. The number of benzene rings is 1. The average molecular weight is 353 g/mol. The summed E-state index contributed by atoms with van der Waals surface area (Å²) in [5.74, 6) is 0. The van der Waals surface area contributed by atoms with Crippen LogP contribution in [0.15, 0.2) is 59.1 Å². The Labute approximate surface area is 147 Å². The molecule has 0 N–H and O–H groups in total. The Kier molecular flexibility index (Phi) is 3.88. The van der Waals surface area contributed by atoms with Gasteiger partial charge in [-0.1, -0.05) is 0 Å². The lowest BCUT2D eigenvalue weighted by Crippen LogP contribution is -1.96. The van der Waals surface area contributed by atoms with Crippen LogP contribution in [-0.4, -0.2) is 25.2 Å². The Hall–Kier alpha value is -2.15. The van der Waals surface area contributed by atoms with Gasteiger partial charge in [0.05, 0.1) is 17.1 Å². The minimum absolute atomic E-state index is 0.815. The SMILES string of the molecule is Cc1ccnc(-c2c(-c3ccc([S+](C)[O-])cc3)nc3sccn23)c1. The molecule has 1 aromatic carbocycles. The maximum absolute atomic E-state index is 11.6. The molecule has 0 fully saturated rings. The van der Waals surface area contributed by atoms with Gasteiger partial charge < -0.3 is 4.55 Å². The van der Waals surface area contributed by atoms with Gasteiger partial charge >= 0.3 is 0 Å². The summed E-state index contributed by atoms with van der Waals surface area (Å²) in [6.45, 7) is 2.06. The second-order valence-corrected chi connectivity index (χ2v) is 7.81. The van der Waals surface area contributed by atoms with Crippen LogP contribution in [0.5, 0.6) is 0 Å². The highest BCUT2D eigenvalue weighted by Gasteiger charge is 2.18. The Balaban J connectivity index is 1.92. The molecular weight excluding hydrogens is 338 g/mol. The zero-order chi connectivity index (χ0) is 16.7. The van der Waals surface area contributed by atoms with E-state index in [-0.39, 0.29) is 0 Å². The van der Waals surface area contributed by atoms with Gasteiger partial charge in [0.2, 0.25) is 0 Å².